The van der Waals surface area contributed by atoms with Gasteiger partial charge in [-0.1, -0.05) is 12.1 Å². The van der Waals surface area contributed by atoms with Crippen molar-refractivity contribution in [1.82, 2.24) is 0 Å². The van der Waals surface area contributed by atoms with Gasteiger partial charge in [-0.2, -0.15) is 0 Å². The average molecular weight is 280 g/mol. The zero-order valence-electron chi connectivity index (χ0n) is 10.3. The SMILES string of the molecule is CS(=O)(=O)c1ccc(OCc2ccc(F)cc2)cc1. The van der Waals surface area contributed by atoms with E-state index in [2.05, 4.69) is 0 Å². The van der Waals surface area contributed by atoms with E-state index < -0.39 is 9.84 Å². The molecule has 2 aromatic rings. The van der Waals surface area contributed by atoms with Gasteiger partial charge < -0.3 is 4.74 Å². The van der Waals surface area contributed by atoms with Gasteiger partial charge in [0, 0.05) is 6.26 Å². The predicted octanol–water partition coefficient (Wildman–Crippen LogP) is 2.81. The Kier molecular flexibility index (Phi) is 3.85. The Bertz CT molecular complexity index is 646. The zero-order chi connectivity index (χ0) is 13.9. The summed E-state index contributed by atoms with van der Waals surface area (Å²) in [6, 6.07) is 12.2. The minimum absolute atomic E-state index is 0.252. The predicted molar refractivity (Wildman–Crippen MR) is 70.3 cm³/mol. The quantitative estimate of drug-likeness (QED) is 0.865. The Labute approximate surface area is 111 Å². The molecule has 2 rings (SSSR count). The summed E-state index contributed by atoms with van der Waals surface area (Å²) in [7, 11) is -3.19. The van der Waals surface area contributed by atoms with Crippen LogP contribution >= 0.6 is 0 Å². The van der Waals surface area contributed by atoms with E-state index in [9.17, 15) is 12.8 Å². The van der Waals surface area contributed by atoms with Crippen molar-refractivity contribution in [3.05, 3.63) is 59.9 Å². The van der Waals surface area contributed by atoms with Gasteiger partial charge in [0.05, 0.1) is 4.90 Å². The zero-order valence-corrected chi connectivity index (χ0v) is 11.2. The Hall–Kier alpha value is -1.88. The average Bonchev–Trinajstić information content (AvgIpc) is 2.37. The van der Waals surface area contributed by atoms with Crippen LogP contribution in [0.5, 0.6) is 5.75 Å². The molecule has 0 unspecified atom stereocenters. The second kappa shape index (κ2) is 5.40. The third-order valence-corrected chi connectivity index (χ3v) is 3.70. The fourth-order valence-electron chi connectivity index (χ4n) is 1.53. The van der Waals surface area contributed by atoms with Gasteiger partial charge in [-0.3, -0.25) is 0 Å². The molecule has 3 nitrogen and oxygen atoms in total. The van der Waals surface area contributed by atoms with Crippen LogP contribution in [0.25, 0.3) is 0 Å². The molecule has 0 saturated heterocycles. The van der Waals surface area contributed by atoms with Gasteiger partial charge in [-0.15, -0.1) is 0 Å². The lowest BCUT2D eigenvalue weighted by Crippen LogP contribution is -1.98. The minimum atomic E-state index is -3.19. The van der Waals surface area contributed by atoms with Crippen LogP contribution in [0.3, 0.4) is 0 Å². The first-order valence-electron chi connectivity index (χ1n) is 5.62. The monoisotopic (exact) mass is 280 g/mol. The molecule has 0 fully saturated rings. The summed E-state index contributed by atoms with van der Waals surface area (Å²) in [6.45, 7) is 0.304. The van der Waals surface area contributed by atoms with Crippen LogP contribution in [0.1, 0.15) is 5.56 Å². The third-order valence-electron chi connectivity index (χ3n) is 2.57. The molecular weight excluding hydrogens is 267 g/mol. The highest BCUT2D eigenvalue weighted by atomic mass is 32.2. The van der Waals surface area contributed by atoms with E-state index in [4.69, 9.17) is 4.74 Å². The number of halogens is 1. The second-order valence-electron chi connectivity index (χ2n) is 4.16. The first kappa shape index (κ1) is 13.5. The molecule has 0 radical (unpaired) electrons. The molecule has 0 heterocycles. The topological polar surface area (TPSA) is 43.4 Å². The van der Waals surface area contributed by atoms with Crippen molar-refractivity contribution in [2.24, 2.45) is 0 Å². The molecule has 0 aliphatic rings. The molecule has 0 aliphatic heterocycles. The van der Waals surface area contributed by atoms with E-state index in [0.717, 1.165) is 11.8 Å². The van der Waals surface area contributed by atoms with Crippen molar-refractivity contribution in [2.45, 2.75) is 11.5 Å². The van der Waals surface area contributed by atoms with Crippen molar-refractivity contribution < 1.29 is 17.5 Å². The number of hydrogen-bond acceptors (Lipinski definition) is 3. The number of hydrogen-bond donors (Lipinski definition) is 0. The van der Waals surface area contributed by atoms with Crippen molar-refractivity contribution in [3.8, 4) is 5.75 Å². The van der Waals surface area contributed by atoms with Crippen molar-refractivity contribution in [2.75, 3.05) is 6.26 Å². The summed E-state index contributed by atoms with van der Waals surface area (Å²) < 4.78 is 40.7. The first-order chi connectivity index (χ1) is 8.95. The van der Waals surface area contributed by atoms with Crippen LogP contribution in [0.15, 0.2) is 53.4 Å². The summed E-state index contributed by atoms with van der Waals surface area (Å²) in [4.78, 5) is 0.252. The highest BCUT2D eigenvalue weighted by Crippen LogP contribution is 2.17. The molecular formula is C14H13FO3S. The van der Waals surface area contributed by atoms with Gasteiger partial charge in [0.15, 0.2) is 9.84 Å². The third kappa shape index (κ3) is 3.79. The van der Waals surface area contributed by atoms with Crippen LogP contribution in [0.2, 0.25) is 0 Å². The molecule has 0 aromatic heterocycles. The lowest BCUT2D eigenvalue weighted by molar-refractivity contribution is 0.306. The lowest BCUT2D eigenvalue weighted by Gasteiger charge is -2.07. The number of ether oxygens (including phenoxy) is 1. The van der Waals surface area contributed by atoms with E-state index in [1.54, 1.807) is 24.3 Å². The number of rotatable bonds is 4. The highest BCUT2D eigenvalue weighted by Gasteiger charge is 2.06. The van der Waals surface area contributed by atoms with Crippen molar-refractivity contribution in [1.29, 1.82) is 0 Å². The first-order valence-corrected chi connectivity index (χ1v) is 7.52. The number of benzene rings is 2. The van der Waals surface area contributed by atoms with Crippen LogP contribution in [0.4, 0.5) is 4.39 Å². The second-order valence-corrected chi connectivity index (χ2v) is 6.17. The van der Waals surface area contributed by atoms with Crippen LogP contribution in [0, 0.1) is 5.82 Å². The Morgan fingerprint density at radius 3 is 2.11 bits per heavy atom. The molecule has 0 N–H and O–H groups in total. The maximum atomic E-state index is 12.7. The summed E-state index contributed by atoms with van der Waals surface area (Å²) >= 11 is 0. The molecule has 0 bridgehead atoms. The molecule has 5 heteroatoms. The van der Waals surface area contributed by atoms with Gasteiger partial charge in [0.25, 0.3) is 0 Å². The van der Waals surface area contributed by atoms with Crippen LogP contribution in [-0.2, 0) is 16.4 Å². The molecule has 19 heavy (non-hydrogen) atoms. The molecule has 0 saturated carbocycles. The van der Waals surface area contributed by atoms with Gasteiger partial charge in [0.1, 0.15) is 18.2 Å². The summed E-state index contributed by atoms with van der Waals surface area (Å²) in [5, 5.41) is 0. The molecule has 100 valence electrons. The summed E-state index contributed by atoms with van der Waals surface area (Å²) in [6.07, 6.45) is 1.15. The van der Waals surface area contributed by atoms with Crippen LogP contribution in [-0.4, -0.2) is 14.7 Å². The van der Waals surface area contributed by atoms with E-state index in [1.165, 1.54) is 24.3 Å². The Balaban J connectivity index is 2.02. The Morgan fingerprint density at radius 2 is 1.58 bits per heavy atom. The molecule has 0 aliphatic carbocycles. The van der Waals surface area contributed by atoms with Gasteiger partial charge in [-0.25, -0.2) is 12.8 Å². The van der Waals surface area contributed by atoms with E-state index >= 15 is 0 Å². The van der Waals surface area contributed by atoms with Crippen LogP contribution < -0.4 is 4.74 Å². The van der Waals surface area contributed by atoms with Gasteiger partial charge >= 0.3 is 0 Å². The summed E-state index contributed by atoms with van der Waals surface area (Å²) in [5.41, 5.74) is 0.841. The maximum Gasteiger partial charge on any atom is 0.175 e. The minimum Gasteiger partial charge on any atom is -0.489 e. The van der Waals surface area contributed by atoms with Crippen molar-refractivity contribution in [3.63, 3.8) is 0 Å². The lowest BCUT2D eigenvalue weighted by atomic mass is 10.2. The molecule has 0 amide bonds. The van der Waals surface area contributed by atoms with E-state index in [1.807, 2.05) is 0 Å². The standard InChI is InChI=1S/C14H13FO3S/c1-19(16,17)14-8-6-13(7-9-14)18-10-11-2-4-12(15)5-3-11/h2-9H,10H2,1H3. The molecule has 0 spiro atoms. The fraction of sp³-hybridized carbons (Fsp3) is 0.143. The van der Waals surface area contributed by atoms with Gasteiger partial charge in [-0.05, 0) is 42.0 Å². The Morgan fingerprint density at radius 1 is 1.00 bits per heavy atom. The normalized spacial score (nSPS) is 11.3. The largest absolute Gasteiger partial charge is 0.489 e. The summed E-state index contributed by atoms with van der Waals surface area (Å²) in [5.74, 6) is 0.276. The fourth-order valence-corrected chi connectivity index (χ4v) is 2.16. The molecule has 0 atom stereocenters. The maximum absolute atomic E-state index is 12.7. The van der Waals surface area contributed by atoms with Crippen molar-refractivity contribution >= 4 is 9.84 Å². The smallest absolute Gasteiger partial charge is 0.175 e. The highest BCUT2D eigenvalue weighted by molar-refractivity contribution is 7.90. The van der Waals surface area contributed by atoms with E-state index in [0.29, 0.717) is 12.4 Å². The number of sulfone groups is 1. The molecule has 2 aromatic carbocycles. The van der Waals surface area contributed by atoms with Gasteiger partial charge in [0.2, 0.25) is 0 Å². The van der Waals surface area contributed by atoms with E-state index in [-0.39, 0.29) is 10.7 Å².